The van der Waals surface area contributed by atoms with Gasteiger partial charge in [0.05, 0.1) is 6.33 Å². The van der Waals surface area contributed by atoms with E-state index in [-0.39, 0.29) is 0 Å². The van der Waals surface area contributed by atoms with Crippen LogP contribution < -0.4 is 5.32 Å². The maximum absolute atomic E-state index is 5.65. The Morgan fingerprint density at radius 3 is 2.91 bits per heavy atom. The fourth-order valence-electron chi connectivity index (χ4n) is 2.97. The van der Waals surface area contributed by atoms with Crippen molar-refractivity contribution in [1.29, 1.82) is 0 Å². The number of nitrogens with zero attached hydrogens (tertiary/aromatic N) is 3. The summed E-state index contributed by atoms with van der Waals surface area (Å²) in [7, 11) is 0. The minimum atomic E-state index is 0.634. The first-order chi connectivity index (χ1) is 10.8. The highest BCUT2D eigenvalue weighted by Gasteiger charge is 2.25. The van der Waals surface area contributed by atoms with Crippen LogP contribution in [0.15, 0.2) is 30.9 Å². The van der Waals surface area contributed by atoms with E-state index in [1.807, 2.05) is 18.7 Å². The quantitative estimate of drug-likeness (QED) is 0.619. The van der Waals surface area contributed by atoms with Gasteiger partial charge in [0.2, 0.25) is 0 Å². The molecule has 2 aliphatic rings. The second-order valence-corrected chi connectivity index (χ2v) is 6.86. The Labute approximate surface area is 138 Å². The Hall–Kier alpha value is -1.36. The molecule has 4 nitrogen and oxygen atoms in total. The van der Waals surface area contributed by atoms with Gasteiger partial charge in [0.1, 0.15) is 0 Å². The van der Waals surface area contributed by atoms with E-state index in [9.17, 15) is 0 Å². The summed E-state index contributed by atoms with van der Waals surface area (Å²) >= 11 is 5.65. The van der Waals surface area contributed by atoms with Gasteiger partial charge in [-0.05, 0) is 56.7 Å². The van der Waals surface area contributed by atoms with Crippen molar-refractivity contribution in [3.63, 3.8) is 0 Å². The number of hydrogen-bond acceptors (Lipinski definition) is 2. The SMILES string of the molecule is S=C(NC1CC1)N(CCCn1ccnc1)CC1CC=CCC1. The molecule has 0 aliphatic heterocycles. The zero-order chi connectivity index (χ0) is 15.2. The molecule has 120 valence electrons. The van der Waals surface area contributed by atoms with E-state index in [0.29, 0.717) is 6.04 Å². The van der Waals surface area contributed by atoms with Gasteiger partial charge in [-0.25, -0.2) is 4.98 Å². The van der Waals surface area contributed by atoms with Crippen molar-refractivity contribution in [2.45, 2.75) is 51.1 Å². The lowest BCUT2D eigenvalue weighted by molar-refractivity contribution is 0.309. The molecule has 1 unspecified atom stereocenters. The minimum Gasteiger partial charge on any atom is -0.360 e. The molecule has 22 heavy (non-hydrogen) atoms. The van der Waals surface area contributed by atoms with Gasteiger partial charge in [-0.15, -0.1) is 0 Å². The molecule has 0 spiro atoms. The molecule has 2 aliphatic carbocycles. The smallest absolute Gasteiger partial charge is 0.169 e. The average Bonchev–Trinajstić information content (AvgIpc) is 3.19. The molecular formula is C17H26N4S. The van der Waals surface area contributed by atoms with Crippen LogP contribution in [-0.2, 0) is 6.54 Å². The minimum absolute atomic E-state index is 0.634. The summed E-state index contributed by atoms with van der Waals surface area (Å²) in [5.41, 5.74) is 0. The van der Waals surface area contributed by atoms with Crippen LogP contribution >= 0.6 is 12.2 Å². The normalized spacial score (nSPS) is 20.8. The maximum atomic E-state index is 5.65. The van der Waals surface area contributed by atoms with E-state index < -0.39 is 0 Å². The summed E-state index contributed by atoms with van der Waals surface area (Å²) in [4.78, 5) is 6.50. The third kappa shape index (κ3) is 4.83. The van der Waals surface area contributed by atoms with E-state index in [2.05, 4.69) is 31.9 Å². The molecule has 0 amide bonds. The van der Waals surface area contributed by atoms with Crippen molar-refractivity contribution in [3.8, 4) is 0 Å². The molecule has 5 heteroatoms. The lowest BCUT2D eigenvalue weighted by atomic mass is 9.94. The monoisotopic (exact) mass is 318 g/mol. The van der Waals surface area contributed by atoms with E-state index in [1.54, 1.807) is 0 Å². The molecule has 1 aromatic heterocycles. The van der Waals surface area contributed by atoms with Crippen LogP contribution in [0.3, 0.4) is 0 Å². The lowest BCUT2D eigenvalue weighted by Crippen LogP contribution is -2.44. The van der Waals surface area contributed by atoms with E-state index >= 15 is 0 Å². The average molecular weight is 318 g/mol. The van der Waals surface area contributed by atoms with Gasteiger partial charge >= 0.3 is 0 Å². The third-order valence-electron chi connectivity index (χ3n) is 4.45. The number of allylic oxidation sites excluding steroid dienone is 2. The van der Waals surface area contributed by atoms with Crippen molar-refractivity contribution in [2.75, 3.05) is 13.1 Å². The highest BCUT2D eigenvalue weighted by atomic mass is 32.1. The van der Waals surface area contributed by atoms with Crippen LogP contribution in [0.25, 0.3) is 0 Å². The Morgan fingerprint density at radius 1 is 1.32 bits per heavy atom. The van der Waals surface area contributed by atoms with Gasteiger partial charge < -0.3 is 14.8 Å². The van der Waals surface area contributed by atoms with Gasteiger partial charge in [-0.3, -0.25) is 0 Å². The molecule has 0 bridgehead atoms. The summed E-state index contributed by atoms with van der Waals surface area (Å²) in [5, 5.41) is 4.47. The Bertz CT molecular complexity index is 493. The Kier molecular flexibility index (Phi) is 5.48. The molecule has 1 aromatic rings. The van der Waals surface area contributed by atoms with Gasteiger partial charge in [0, 0.05) is 38.1 Å². The Morgan fingerprint density at radius 2 is 2.23 bits per heavy atom. The Balaban J connectivity index is 1.49. The molecule has 0 aromatic carbocycles. The van der Waals surface area contributed by atoms with Gasteiger partial charge in [0.15, 0.2) is 5.11 Å². The van der Waals surface area contributed by atoms with Crippen LogP contribution in [0.5, 0.6) is 0 Å². The zero-order valence-electron chi connectivity index (χ0n) is 13.2. The predicted molar refractivity (Wildman–Crippen MR) is 93.7 cm³/mol. The summed E-state index contributed by atoms with van der Waals surface area (Å²) < 4.78 is 2.14. The van der Waals surface area contributed by atoms with Crippen molar-refractivity contribution in [1.82, 2.24) is 19.8 Å². The first kappa shape index (κ1) is 15.5. The van der Waals surface area contributed by atoms with E-state index in [0.717, 1.165) is 37.1 Å². The predicted octanol–water partition coefficient (Wildman–Crippen LogP) is 2.97. The number of imidazole rings is 1. The summed E-state index contributed by atoms with van der Waals surface area (Å²) in [6.07, 6.45) is 17.7. The molecule has 1 fully saturated rings. The van der Waals surface area contributed by atoms with Gasteiger partial charge in [-0.1, -0.05) is 12.2 Å². The highest BCUT2D eigenvalue weighted by Crippen LogP contribution is 2.22. The van der Waals surface area contributed by atoms with E-state index in [1.165, 1.54) is 32.1 Å². The molecule has 3 rings (SSSR count). The molecule has 0 saturated heterocycles. The number of rotatable bonds is 7. The van der Waals surface area contributed by atoms with Crippen LogP contribution in [0, 0.1) is 5.92 Å². The molecule has 1 heterocycles. The lowest BCUT2D eigenvalue weighted by Gasteiger charge is -2.30. The first-order valence-electron chi connectivity index (χ1n) is 8.47. The third-order valence-corrected chi connectivity index (χ3v) is 4.83. The molecule has 1 N–H and O–H groups in total. The van der Waals surface area contributed by atoms with Crippen LogP contribution in [0.1, 0.15) is 38.5 Å². The standard InChI is InChI=1S/C17H26N4S/c22-17(19-16-7-8-16)21(13-15-5-2-1-3-6-15)11-4-10-20-12-9-18-14-20/h1-2,9,12,14-16H,3-8,10-11,13H2,(H,19,22). The first-order valence-corrected chi connectivity index (χ1v) is 8.88. The molecule has 1 saturated carbocycles. The summed E-state index contributed by atoms with van der Waals surface area (Å²) in [6, 6.07) is 0.634. The number of aromatic nitrogens is 2. The van der Waals surface area contributed by atoms with Gasteiger partial charge in [0.25, 0.3) is 0 Å². The van der Waals surface area contributed by atoms with Gasteiger partial charge in [-0.2, -0.15) is 0 Å². The number of aryl methyl sites for hydroxylation is 1. The van der Waals surface area contributed by atoms with Crippen molar-refractivity contribution < 1.29 is 0 Å². The number of nitrogens with one attached hydrogen (secondary N) is 1. The van der Waals surface area contributed by atoms with Crippen molar-refractivity contribution in [2.24, 2.45) is 5.92 Å². The second-order valence-electron chi connectivity index (χ2n) is 6.47. The van der Waals surface area contributed by atoms with Crippen molar-refractivity contribution in [3.05, 3.63) is 30.9 Å². The summed E-state index contributed by atoms with van der Waals surface area (Å²) in [5.74, 6) is 0.747. The number of thiocarbonyl (C=S) groups is 1. The maximum Gasteiger partial charge on any atom is 0.169 e. The molecular weight excluding hydrogens is 292 g/mol. The van der Waals surface area contributed by atoms with Crippen LogP contribution in [0.2, 0.25) is 0 Å². The fourth-order valence-corrected chi connectivity index (χ4v) is 3.30. The number of hydrogen-bond donors (Lipinski definition) is 1. The molecule has 1 atom stereocenters. The van der Waals surface area contributed by atoms with Crippen molar-refractivity contribution >= 4 is 17.3 Å². The summed E-state index contributed by atoms with van der Waals surface area (Å²) in [6.45, 7) is 3.12. The second kappa shape index (κ2) is 7.77. The molecule has 0 radical (unpaired) electrons. The van der Waals surface area contributed by atoms with Crippen LogP contribution in [0.4, 0.5) is 0 Å². The largest absolute Gasteiger partial charge is 0.360 e. The highest BCUT2D eigenvalue weighted by molar-refractivity contribution is 7.80. The van der Waals surface area contributed by atoms with E-state index in [4.69, 9.17) is 12.2 Å². The zero-order valence-corrected chi connectivity index (χ0v) is 14.0. The van der Waals surface area contributed by atoms with Crippen LogP contribution in [-0.4, -0.2) is 38.7 Å². The fraction of sp³-hybridized carbons (Fsp3) is 0.647. The topological polar surface area (TPSA) is 33.1 Å².